The second-order valence-corrected chi connectivity index (χ2v) is 16.3. The van der Waals surface area contributed by atoms with Gasteiger partial charge in [0.2, 0.25) is 11.8 Å². The van der Waals surface area contributed by atoms with Crippen LogP contribution >= 0.6 is 11.3 Å². The van der Waals surface area contributed by atoms with Gasteiger partial charge in [0.25, 0.3) is 11.8 Å². The number of nitrogens with one attached hydrogen (secondary N) is 1. The van der Waals surface area contributed by atoms with Crippen molar-refractivity contribution in [2.24, 2.45) is 0 Å². The number of hydrogen-bond donors (Lipinski definition) is 2. The number of piperazine rings is 2. The number of thiophene rings is 1. The first kappa shape index (κ1) is 37.7. The molecule has 2 N–H and O–H groups in total. The highest BCUT2D eigenvalue weighted by Gasteiger charge is 2.44. The highest BCUT2D eigenvalue weighted by Crippen LogP contribution is 2.47. The SMILES string of the molecule is O=C1CCC(N2C(=O)c3ccc(N4CCN(CCCN5CCN(c6ccc(Oc7c(-c8ccc(F)cc8)sc8cc(O)ccc78)cc6)CC5)CC4)cc3C2=O)C(=O)N1. The summed E-state index contributed by atoms with van der Waals surface area (Å²) < 4.78 is 21.1. The molecule has 5 aromatic rings. The fourth-order valence-electron chi connectivity index (χ4n) is 8.43. The van der Waals surface area contributed by atoms with Crippen LogP contribution in [0.1, 0.15) is 40.0 Å². The van der Waals surface area contributed by atoms with Crippen LogP contribution in [-0.2, 0) is 9.59 Å². The Balaban J connectivity index is 0.732. The van der Waals surface area contributed by atoms with Crippen molar-refractivity contribution in [2.45, 2.75) is 25.3 Å². The summed E-state index contributed by atoms with van der Waals surface area (Å²) in [6.07, 6.45) is 1.31. The van der Waals surface area contributed by atoms with Crippen molar-refractivity contribution in [1.82, 2.24) is 20.0 Å². The maximum atomic E-state index is 13.7. The summed E-state index contributed by atoms with van der Waals surface area (Å²) in [6.45, 7) is 9.32. The molecule has 4 aromatic carbocycles. The Bertz CT molecular complexity index is 2390. The van der Waals surface area contributed by atoms with Gasteiger partial charge in [-0.2, -0.15) is 0 Å². The molecule has 58 heavy (non-hydrogen) atoms. The number of benzene rings is 4. The Hall–Kier alpha value is -5.83. The summed E-state index contributed by atoms with van der Waals surface area (Å²) in [5.74, 6) is -0.685. The summed E-state index contributed by atoms with van der Waals surface area (Å²) in [5.41, 5.74) is 3.49. The predicted octanol–water partition coefficient (Wildman–Crippen LogP) is 5.94. The summed E-state index contributed by atoms with van der Waals surface area (Å²) >= 11 is 1.50. The highest BCUT2D eigenvalue weighted by atomic mass is 32.1. The van der Waals surface area contributed by atoms with Crippen LogP contribution in [0.25, 0.3) is 20.5 Å². The second kappa shape index (κ2) is 15.8. The Kier molecular flexibility index (Phi) is 10.3. The zero-order valence-corrected chi connectivity index (χ0v) is 32.7. The number of amides is 4. The number of carbonyl (C=O) groups is 4. The van der Waals surface area contributed by atoms with E-state index >= 15 is 0 Å². The highest BCUT2D eigenvalue weighted by molar-refractivity contribution is 7.22. The third-order valence-electron chi connectivity index (χ3n) is 11.6. The minimum Gasteiger partial charge on any atom is -0.508 e. The molecule has 1 aromatic heterocycles. The molecule has 1 atom stereocenters. The number of nitrogens with zero attached hydrogens (tertiary/aromatic N) is 5. The van der Waals surface area contributed by atoms with Crippen LogP contribution in [0.3, 0.4) is 0 Å². The fourth-order valence-corrected chi connectivity index (χ4v) is 9.60. The van der Waals surface area contributed by atoms with E-state index in [2.05, 4.69) is 37.0 Å². The van der Waals surface area contributed by atoms with Gasteiger partial charge in [-0.25, -0.2) is 4.39 Å². The lowest BCUT2D eigenvalue weighted by Gasteiger charge is -2.38. The predicted molar refractivity (Wildman–Crippen MR) is 220 cm³/mol. The molecule has 9 rings (SSSR count). The van der Waals surface area contributed by atoms with Gasteiger partial charge in [-0.15, -0.1) is 11.3 Å². The van der Waals surface area contributed by atoms with Crippen LogP contribution < -0.4 is 19.9 Å². The number of imide groups is 2. The van der Waals surface area contributed by atoms with Crippen LogP contribution in [0.4, 0.5) is 15.8 Å². The summed E-state index contributed by atoms with van der Waals surface area (Å²) in [6, 6.07) is 24.1. The molecule has 0 spiro atoms. The van der Waals surface area contributed by atoms with E-state index < -0.39 is 29.7 Å². The Morgan fingerprint density at radius 2 is 1.36 bits per heavy atom. The van der Waals surface area contributed by atoms with Gasteiger partial charge in [-0.1, -0.05) is 12.1 Å². The molecule has 0 bridgehead atoms. The van der Waals surface area contributed by atoms with Crippen molar-refractivity contribution in [2.75, 3.05) is 75.2 Å². The van der Waals surface area contributed by atoms with E-state index in [4.69, 9.17) is 4.74 Å². The van der Waals surface area contributed by atoms with Gasteiger partial charge in [-0.05, 0) is 104 Å². The molecule has 298 valence electrons. The average molecular weight is 803 g/mol. The van der Waals surface area contributed by atoms with Gasteiger partial charge in [0.15, 0.2) is 5.75 Å². The second-order valence-electron chi connectivity index (χ2n) is 15.2. The quantitative estimate of drug-likeness (QED) is 0.164. The number of rotatable bonds is 10. The molecule has 0 saturated carbocycles. The molecule has 3 fully saturated rings. The van der Waals surface area contributed by atoms with Gasteiger partial charge in [0.05, 0.1) is 16.0 Å². The lowest BCUT2D eigenvalue weighted by molar-refractivity contribution is -0.136. The molecular formula is C44H43FN6O6S. The number of anilines is 2. The first-order valence-electron chi connectivity index (χ1n) is 19.8. The summed E-state index contributed by atoms with van der Waals surface area (Å²) in [5, 5.41) is 13.2. The molecule has 12 nitrogen and oxygen atoms in total. The van der Waals surface area contributed by atoms with Crippen LogP contribution in [-0.4, -0.2) is 115 Å². The first-order valence-corrected chi connectivity index (χ1v) is 20.6. The van der Waals surface area contributed by atoms with Gasteiger partial charge in [0, 0.05) is 80.2 Å². The molecule has 4 aliphatic heterocycles. The summed E-state index contributed by atoms with van der Waals surface area (Å²) in [7, 11) is 0. The topological polar surface area (TPSA) is 126 Å². The number of hydrogen-bond acceptors (Lipinski definition) is 11. The largest absolute Gasteiger partial charge is 0.508 e. The number of fused-ring (bicyclic) bond motifs is 2. The maximum Gasteiger partial charge on any atom is 0.262 e. The maximum absolute atomic E-state index is 13.7. The van der Waals surface area contributed by atoms with Gasteiger partial charge in [0.1, 0.15) is 23.4 Å². The van der Waals surface area contributed by atoms with Crippen LogP contribution in [0.2, 0.25) is 0 Å². The van der Waals surface area contributed by atoms with Crippen molar-refractivity contribution < 1.29 is 33.4 Å². The molecule has 0 radical (unpaired) electrons. The molecule has 3 saturated heterocycles. The molecule has 14 heteroatoms. The van der Waals surface area contributed by atoms with E-state index in [1.807, 2.05) is 24.3 Å². The molecule has 4 amide bonds. The van der Waals surface area contributed by atoms with Crippen molar-refractivity contribution in [3.8, 4) is 27.7 Å². The number of carbonyl (C=O) groups excluding carboxylic acids is 4. The normalized spacial score (nSPS) is 19.3. The number of phenols is 1. The number of piperidine rings is 1. The number of phenolic OH excluding ortho intramolecular Hbond substituents is 1. The van der Waals surface area contributed by atoms with Gasteiger partial charge in [-0.3, -0.25) is 39.2 Å². The lowest BCUT2D eigenvalue weighted by atomic mass is 10.0. The van der Waals surface area contributed by atoms with Crippen molar-refractivity contribution in [1.29, 1.82) is 0 Å². The smallest absolute Gasteiger partial charge is 0.262 e. The van der Waals surface area contributed by atoms with Crippen molar-refractivity contribution in [3.05, 3.63) is 102 Å². The number of halogens is 1. The average Bonchev–Trinajstić information content (AvgIpc) is 3.71. The van der Waals surface area contributed by atoms with E-state index in [0.717, 1.165) is 109 Å². The van der Waals surface area contributed by atoms with Crippen LogP contribution in [0.5, 0.6) is 17.2 Å². The van der Waals surface area contributed by atoms with E-state index in [1.165, 1.54) is 23.5 Å². The first-order chi connectivity index (χ1) is 28.2. The zero-order valence-electron chi connectivity index (χ0n) is 31.9. The standard InChI is InChI=1S/C44H43FN6O6S/c45-29-4-2-28(3-5-29)41-40(35-13-9-32(52)27-38(35)58-41)57-33-10-6-30(7-11-33)49-22-18-47(19-23-49)16-1-17-48-20-24-50(25-21-48)31-8-12-34-36(26-31)44(56)51(43(34)55)37-14-15-39(53)46-42(37)54/h2-13,26-27,37,52H,1,14-25H2,(H,46,53,54). The van der Waals surface area contributed by atoms with Crippen LogP contribution in [0, 0.1) is 5.82 Å². The lowest BCUT2D eigenvalue weighted by Crippen LogP contribution is -2.54. The molecule has 0 aliphatic carbocycles. The third kappa shape index (κ3) is 7.50. The van der Waals surface area contributed by atoms with E-state index in [1.54, 1.807) is 36.4 Å². The molecule has 5 heterocycles. The Labute approximate surface area is 339 Å². The van der Waals surface area contributed by atoms with E-state index in [9.17, 15) is 28.7 Å². The zero-order chi connectivity index (χ0) is 39.9. The number of ether oxygens (including phenoxy) is 1. The Morgan fingerprint density at radius 3 is 2.03 bits per heavy atom. The third-order valence-corrected chi connectivity index (χ3v) is 12.8. The van der Waals surface area contributed by atoms with E-state index in [-0.39, 0.29) is 24.4 Å². The Morgan fingerprint density at radius 1 is 0.724 bits per heavy atom. The van der Waals surface area contributed by atoms with Gasteiger partial charge < -0.3 is 19.6 Å². The van der Waals surface area contributed by atoms with E-state index in [0.29, 0.717) is 22.6 Å². The fraction of sp³-hybridized carbons (Fsp3) is 0.318. The van der Waals surface area contributed by atoms with Crippen molar-refractivity contribution in [3.63, 3.8) is 0 Å². The molecule has 4 aliphatic rings. The molecule has 1 unspecified atom stereocenters. The van der Waals surface area contributed by atoms with Crippen molar-refractivity contribution >= 4 is 56.4 Å². The molecular weight excluding hydrogens is 760 g/mol. The summed E-state index contributed by atoms with van der Waals surface area (Å²) in [4.78, 5) is 62.0. The minimum absolute atomic E-state index is 0.0942. The monoisotopic (exact) mass is 802 g/mol. The number of aromatic hydroxyl groups is 1. The van der Waals surface area contributed by atoms with Gasteiger partial charge >= 0.3 is 0 Å². The minimum atomic E-state index is -0.969. The van der Waals surface area contributed by atoms with Crippen LogP contribution in [0.15, 0.2) is 84.9 Å².